The Hall–Kier alpha value is -4.63. The first-order valence-corrected chi connectivity index (χ1v) is 12.4. The molecule has 2 aliphatic rings. The van der Waals surface area contributed by atoms with Gasteiger partial charge in [-0.25, -0.2) is 14.5 Å². The van der Waals surface area contributed by atoms with Crippen LogP contribution in [0.5, 0.6) is 0 Å². The largest absolute Gasteiger partial charge is 0.444 e. The van der Waals surface area contributed by atoms with Gasteiger partial charge in [0.05, 0.1) is 0 Å². The summed E-state index contributed by atoms with van der Waals surface area (Å²) >= 11 is 0. The Morgan fingerprint density at radius 2 is 1.23 bits per heavy atom. The van der Waals surface area contributed by atoms with Crippen molar-refractivity contribution in [3.05, 3.63) is 71.8 Å². The maximum Gasteiger partial charge on any atom is 0.417 e. The van der Waals surface area contributed by atoms with Gasteiger partial charge < -0.3 is 14.6 Å². The van der Waals surface area contributed by atoms with Gasteiger partial charge >= 0.3 is 24.5 Å². The van der Waals surface area contributed by atoms with Gasteiger partial charge in [-0.1, -0.05) is 60.7 Å². The lowest BCUT2D eigenvalue weighted by molar-refractivity contribution is -0.193. The Kier molecular flexibility index (Phi) is 15.5. The number of hydrogen-bond donors (Lipinski definition) is 1. The number of ether oxygens (including phenoxy) is 2. The number of carbonyl (C=O) groups is 3. The van der Waals surface area contributed by atoms with Crippen molar-refractivity contribution >= 4 is 30.4 Å². The van der Waals surface area contributed by atoms with E-state index in [2.05, 4.69) is 0 Å². The molecule has 0 radical (unpaired) electrons. The number of rotatable bonds is 4. The van der Waals surface area contributed by atoms with Crippen LogP contribution in [0.3, 0.4) is 0 Å². The summed E-state index contributed by atoms with van der Waals surface area (Å²) in [5.41, 5.74) is 1.86. The monoisotopic (exact) mass is 556 g/mol. The summed E-state index contributed by atoms with van der Waals surface area (Å²) in [5.74, 6) is -0.143. The van der Waals surface area contributed by atoms with E-state index in [1.165, 1.54) is 9.80 Å². The Balaban J connectivity index is 0.000000335. The highest BCUT2D eigenvalue weighted by Gasteiger charge is 2.34. The summed E-state index contributed by atoms with van der Waals surface area (Å²) in [7, 11) is 0. The van der Waals surface area contributed by atoms with Crippen molar-refractivity contribution in [1.29, 1.82) is 0 Å². The summed E-state index contributed by atoms with van der Waals surface area (Å²) in [4.78, 5) is 70.1. The molecule has 12 heteroatoms. The lowest BCUT2D eigenvalue weighted by Gasteiger charge is -2.24. The van der Waals surface area contributed by atoms with Crippen molar-refractivity contribution in [3.63, 3.8) is 0 Å². The van der Waals surface area contributed by atoms with Crippen molar-refractivity contribution < 1.29 is 48.1 Å². The van der Waals surface area contributed by atoms with E-state index < -0.39 is 18.4 Å². The van der Waals surface area contributed by atoms with E-state index >= 15 is 0 Å². The van der Waals surface area contributed by atoms with Gasteiger partial charge in [0.15, 0.2) is 0 Å². The summed E-state index contributed by atoms with van der Waals surface area (Å²) in [6, 6.07) is 18.9. The van der Waals surface area contributed by atoms with Crippen LogP contribution in [0.15, 0.2) is 60.7 Å². The Morgan fingerprint density at radius 3 is 1.60 bits per heavy atom. The second kappa shape index (κ2) is 18.6. The van der Waals surface area contributed by atoms with Crippen LogP contribution < -0.4 is 0 Å². The predicted octanol–water partition coefficient (Wildman–Crippen LogP) is 3.29. The van der Waals surface area contributed by atoms with Crippen molar-refractivity contribution in [2.75, 3.05) is 0 Å². The van der Waals surface area contributed by atoms with Gasteiger partial charge in [-0.05, 0) is 44.2 Å². The van der Waals surface area contributed by atoms with E-state index in [1.807, 2.05) is 74.5 Å². The fourth-order valence-electron chi connectivity index (χ4n) is 3.96. The molecular weight excluding hydrogens is 524 g/mol. The smallest absolute Gasteiger partial charge is 0.417 e. The lowest BCUT2D eigenvalue weighted by atomic mass is 10.2. The fraction of sp³-hybridized carbons (Fsp3) is 0.393. The molecule has 2 fully saturated rings. The summed E-state index contributed by atoms with van der Waals surface area (Å²) in [5, 5.41) is 9.65. The second-order valence-corrected chi connectivity index (χ2v) is 8.71. The molecule has 3 atom stereocenters. The van der Waals surface area contributed by atoms with Crippen LogP contribution >= 0.6 is 0 Å². The maximum atomic E-state index is 11.8. The number of benzene rings is 2. The van der Waals surface area contributed by atoms with E-state index in [4.69, 9.17) is 28.7 Å². The predicted molar refractivity (Wildman–Crippen MR) is 135 cm³/mol. The van der Waals surface area contributed by atoms with Gasteiger partial charge in [0.2, 0.25) is 5.91 Å². The number of aliphatic hydroxyl groups excluding tert-OH is 1. The number of aliphatic hydroxyl groups is 1. The minimum Gasteiger partial charge on any atom is -0.444 e. The van der Waals surface area contributed by atoms with Crippen LogP contribution in [0.4, 0.5) is 9.59 Å². The van der Waals surface area contributed by atoms with E-state index in [1.54, 1.807) is 0 Å². The summed E-state index contributed by atoms with van der Waals surface area (Å²) in [6.45, 7) is 4.22. The molecule has 2 saturated heterocycles. The number of hydrogen-bond acceptors (Lipinski definition) is 10. The first-order chi connectivity index (χ1) is 19.2. The molecule has 214 valence electrons. The highest BCUT2D eigenvalue weighted by atomic mass is 16.6. The second-order valence-electron chi connectivity index (χ2n) is 8.71. The molecule has 2 aliphatic heterocycles. The van der Waals surface area contributed by atoms with Crippen LogP contribution in [0, 0.1) is 0 Å². The fourth-order valence-corrected chi connectivity index (χ4v) is 3.96. The first-order valence-electron chi connectivity index (χ1n) is 12.4. The minimum absolute atomic E-state index is 0.0493. The molecule has 0 aliphatic carbocycles. The van der Waals surface area contributed by atoms with Gasteiger partial charge in [-0.2, -0.15) is 19.2 Å². The molecule has 1 unspecified atom stereocenters. The van der Waals surface area contributed by atoms with Crippen LogP contribution in [0.1, 0.15) is 50.7 Å². The van der Waals surface area contributed by atoms with Crippen molar-refractivity contribution in [1.82, 2.24) is 9.80 Å². The van der Waals surface area contributed by atoms with E-state index in [9.17, 15) is 19.5 Å². The molecule has 2 aromatic rings. The number of carbonyl (C=O) groups excluding carboxylic acids is 7. The first kappa shape index (κ1) is 33.4. The maximum absolute atomic E-state index is 11.8. The van der Waals surface area contributed by atoms with E-state index in [-0.39, 0.29) is 43.5 Å². The number of nitrogens with zero attached hydrogens (tertiary/aromatic N) is 2. The van der Waals surface area contributed by atoms with Crippen molar-refractivity contribution in [3.8, 4) is 0 Å². The van der Waals surface area contributed by atoms with Crippen molar-refractivity contribution in [2.45, 2.75) is 71.1 Å². The molecule has 0 aromatic heterocycles. The molecule has 1 N–H and O–H groups in total. The molecule has 3 amide bonds. The van der Waals surface area contributed by atoms with Crippen LogP contribution in [-0.4, -0.2) is 63.6 Å². The van der Waals surface area contributed by atoms with Gasteiger partial charge in [0.25, 0.3) is 0 Å². The molecule has 0 bridgehead atoms. The Morgan fingerprint density at radius 1 is 0.775 bits per heavy atom. The average molecular weight is 557 g/mol. The van der Waals surface area contributed by atoms with Gasteiger partial charge in [-0.3, -0.25) is 9.69 Å². The highest BCUT2D eigenvalue weighted by Crippen LogP contribution is 2.23. The molecule has 2 heterocycles. The molecule has 12 nitrogen and oxygen atoms in total. The molecule has 0 saturated carbocycles. The topological polar surface area (TPSA) is 165 Å². The third kappa shape index (κ3) is 11.4. The zero-order valence-electron chi connectivity index (χ0n) is 22.3. The van der Waals surface area contributed by atoms with E-state index in [0.29, 0.717) is 12.8 Å². The van der Waals surface area contributed by atoms with Gasteiger partial charge in [0.1, 0.15) is 19.4 Å². The Labute approximate surface area is 231 Å². The van der Waals surface area contributed by atoms with Crippen LogP contribution in [0.25, 0.3) is 0 Å². The quantitative estimate of drug-likeness (QED) is 0.591. The van der Waals surface area contributed by atoms with Gasteiger partial charge in [0, 0.05) is 18.5 Å². The summed E-state index contributed by atoms with van der Waals surface area (Å²) < 4.78 is 10.3. The minimum atomic E-state index is -0.701. The molecule has 4 rings (SSSR count). The van der Waals surface area contributed by atoms with Crippen molar-refractivity contribution in [2.24, 2.45) is 0 Å². The normalized spacial score (nSPS) is 18.8. The van der Waals surface area contributed by atoms with E-state index in [0.717, 1.165) is 24.0 Å². The zero-order chi connectivity index (χ0) is 29.9. The molecule has 40 heavy (non-hydrogen) atoms. The zero-order valence-corrected chi connectivity index (χ0v) is 22.3. The van der Waals surface area contributed by atoms with Crippen LogP contribution in [0.2, 0.25) is 0 Å². The number of imide groups is 1. The third-order valence-corrected chi connectivity index (χ3v) is 5.94. The Bertz CT molecular complexity index is 1110. The highest BCUT2D eigenvalue weighted by molar-refractivity contribution is 5.94. The third-order valence-electron chi connectivity index (χ3n) is 5.94. The average Bonchev–Trinajstić information content (AvgIpc) is 3.47. The number of amides is 3. The van der Waals surface area contributed by atoms with Gasteiger partial charge in [-0.15, -0.1) is 0 Å². The standard InChI is InChI=1S/C13H17NO3.C13H15NO3.2CO2/c2*1-10-7-8-12(15)14(10)13(16)17-9-11-5-3-2-4-6-11;2*2-1-3/h2-6,10,12,15H,7-9H2,1H3;2-6,10H,7-9H2,1H3;;/t10-,12?;10-;;/m11../s1. The molecule has 0 spiro atoms. The lowest BCUT2D eigenvalue weighted by Crippen LogP contribution is -2.40. The number of likely N-dealkylation sites (tertiary alicyclic amines) is 2. The molecular formula is C28H32N2O10. The molecule has 2 aromatic carbocycles. The SMILES string of the molecule is C[C@@H]1CCC(=O)N1C(=O)OCc1ccccc1.C[C@@H]1CCC(O)N1C(=O)OCc1ccccc1.O=C=O.O=C=O. The summed E-state index contributed by atoms with van der Waals surface area (Å²) in [6.07, 6.45) is 1.42. The van der Waals surface area contributed by atoms with Crippen LogP contribution in [-0.2, 0) is 46.7 Å².